The second-order valence-corrected chi connectivity index (χ2v) is 5.10. The van der Waals surface area contributed by atoms with Crippen molar-refractivity contribution in [3.63, 3.8) is 0 Å². The molecule has 0 spiro atoms. The van der Waals surface area contributed by atoms with E-state index in [1.807, 2.05) is 32.3 Å². The summed E-state index contributed by atoms with van der Waals surface area (Å²) in [6, 6.07) is 18.5. The lowest BCUT2D eigenvalue weighted by atomic mass is 10.1. The zero-order chi connectivity index (χ0) is 13.9. The van der Waals surface area contributed by atoms with Gasteiger partial charge < -0.3 is 9.64 Å². The Labute approximate surface area is 119 Å². The molecule has 1 atom stereocenters. The van der Waals surface area contributed by atoms with Gasteiger partial charge in [-0.3, -0.25) is 0 Å². The first kappa shape index (κ1) is 12.7. The summed E-state index contributed by atoms with van der Waals surface area (Å²) in [5, 5.41) is 0. The van der Waals surface area contributed by atoms with Crippen molar-refractivity contribution in [1.29, 1.82) is 0 Å². The third-order valence-corrected chi connectivity index (χ3v) is 3.46. The minimum atomic E-state index is 0.0414. The van der Waals surface area contributed by atoms with E-state index in [-0.39, 0.29) is 6.10 Å². The minimum absolute atomic E-state index is 0.0414. The molecule has 0 saturated carbocycles. The van der Waals surface area contributed by atoms with Crippen LogP contribution >= 0.6 is 0 Å². The Kier molecular flexibility index (Phi) is 3.42. The maximum atomic E-state index is 5.97. The second-order valence-electron chi connectivity index (χ2n) is 5.10. The molecule has 0 aromatic heterocycles. The summed E-state index contributed by atoms with van der Waals surface area (Å²) in [6.07, 6.45) is 0.0414. The molecular weight excluding hydrogens is 248 g/mol. The molecule has 3 rings (SSSR count). The largest absolute Gasteiger partial charge is 0.467 e. The van der Waals surface area contributed by atoms with Gasteiger partial charge in [-0.05, 0) is 29.8 Å². The van der Waals surface area contributed by atoms with Crippen molar-refractivity contribution in [2.75, 3.05) is 25.5 Å². The predicted octanol–water partition coefficient (Wildman–Crippen LogP) is 3.27. The van der Waals surface area contributed by atoms with Crippen molar-refractivity contribution >= 4 is 11.6 Å². The lowest BCUT2D eigenvalue weighted by molar-refractivity contribution is 0.230. The zero-order valence-electron chi connectivity index (χ0n) is 11.8. The summed E-state index contributed by atoms with van der Waals surface area (Å²) in [7, 11) is 4.06. The van der Waals surface area contributed by atoms with Crippen molar-refractivity contribution in [3.05, 3.63) is 65.7 Å². The molecule has 0 amide bonds. The maximum absolute atomic E-state index is 5.97. The van der Waals surface area contributed by atoms with Gasteiger partial charge in [0.2, 0.25) is 5.90 Å². The average Bonchev–Trinajstić information content (AvgIpc) is 2.98. The molecule has 1 heterocycles. The normalized spacial score (nSPS) is 17.5. The van der Waals surface area contributed by atoms with Gasteiger partial charge in [-0.1, -0.05) is 30.3 Å². The Morgan fingerprint density at radius 1 is 1.00 bits per heavy atom. The average molecular weight is 266 g/mol. The second kappa shape index (κ2) is 5.37. The van der Waals surface area contributed by atoms with Gasteiger partial charge in [-0.25, -0.2) is 4.99 Å². The molecule has 0 radical (unpaired) electrons. The maximum Gasteiger partial charge on any atom is 0.216 e. The van der Waals surface area contributed by atoms with Crippen LogP contribution in [0.4, 0.5) is 5.69 Å². The van der Waals surface area contributed by atoms with Crippen LogP contribution in [0, 0.1) is 0 Å². The van der Waals surface area contributed by atoms with E-state index in [2.05, 4.69) is 46.3 Å². The van der Waals surface area contributed by atoms with Gasteiger partial charge in [0.1, 0.15) is 6.10 Å². The zero-order valence-corrected chi connectivity index (χ0v) is 11.8. The Balaban J connectivity index is 1.74. The molecule has 1 unspecified atom stereocenters. The summed E-state index contributed by atoms with van der Waals surface area (Å²) < 4.78 is 5.97. The van der Waals surface area contributed by atoms with E-state index in [0.29, 0.717) is 6.54 Å². The highest BCUT2D eigenvalue weighted by Gasteiger charge is 2.22. The van der Waals surface area contributed by atoms with Crippen LogP contribution in [0.15, 0.2) is 59.6 Å². The number of nitrogens with zero attached hydrogens (tertiary/aromatic N) is 2. The summed E-state index contributed by atoms with van der Waals surface area (Å²) in [4.78, 5) is 6.60. The highest BCUT2D eigenvalue weighted by molar-refractivity contribution is 5.95. The number of hydrogen-bond acceptors (Lipinski definition) is 3. The molecule has 20 heavy (non-hydrogen) atoms. The molecule has 0 aliphatic carbocycles. The van der Waals surface area contributed by atoms with Gasteiger partial charge in [0, 0.05) is 25.3 Å². The summed E-state index contributed by atoms with van der Waals surface area (Å²) in [6.45, 7) is 0.689. The molecule has 3 heteroatoms. The molecule has 1 aliphatic rings. The number of hydrogen-bond donors (Lipinski definition) is 0. The predicted molar refractivity (Wildman–Crippen MR) is 82.4 cm³/mol. The van der Waals surface area contributed by atoms with Crippen LogP contribution in [0.2, 0.25) is 0 Å². The van der Waals surface area contributed by atoms with Crippen LogP contribution in [-0.2, 0) is 4.74 Å². The standard InChI is InChI=1S/C17H18N2O/c1-19(2)15-10-8-14(9-11-15)17-18-12-16(20-17)13-6-4-3-5-7-13/h3-11,16H,12H2,1-2H3. The number of rotatable bonds is 3. The Morgan fingerprint density at radius 2 is 1.70 bits per heavy atom. The first-order chi connectivity index (χ1) is 9.74. The minimum Gasteiger partial charge on any atom is -0.467 e. The van der Waals surface area contributed by atoms with E-state index >= 15 is 0 Å². The van der Waals surface area contributed by atoms with Crippen LogP contribution in [-0.4, -0.2) is 26.5 Å². The third-order valence-electron chi connectivity index (χ3n) is 3.46. The number of benzene rings is 2. The molecule has 0 N–H and O–H groups in total. The van der Waals surface area contributed by atoms with Gasteiger partial charge in [0.05, 0.1) is 6.54 Å². The molecular formula is C17H18N2O. The summed E-state index contributed by atoms with van der Waals surface area (Å²) >= 11 is 0. The smallest absolute Gasteiger partial charge is 0.216 e. The Bertz CT molecular complexity index is 603. The summed E-state index contributed by atoms with van der Waals surface area (Å²) in [5.74, 6) is 0.740. The number of aliphatic imine (C=N–C) groups is 1. The van der Waals surface area contributed by atoms with E-state index in [1.165, 1.54) is 11.3 Å². The summed E-state index contributed by atoms with van der Waals surface area (Å²) in [5.41, 5.74) is 3.39. The third kappa shape index (κ3) is 2.52. The fraction of sp³-hybridized carbons (Fsp3) is 0.235. The van der Waals surface area contributed by atoms with E-state index in [4.69, 9.17) is 4.74 Å². The van der Waals surface area contributed by atoms with Crippen molar-refractivity contribution in [2.45, 2.75) is 6.10 Å². The fourth-order valence-electron chi connectivity index (χ4n) is 2.28. The molecule has 0 fully saturated rings. The van der Waals surface area contributed by atoms with Crippen LogP contribution in [0.1, 0.15) is 17.2 Å². The highest BCUT2D eigenvalue weighted by atomic mass is 16.5. The monoisotopic (exact) mass is 266 g/mol. The van der Waals surface area contributed by atoms with Crippen molar-refractivity contribution in [2.24, 2.45) is 4.99 Å². The quantitative estimate of drug-likeness (QED) is 0.851. The van der Waals surface area contributed by atoms with Crippen molar-refractivity contribution in [1.82, 2.24) is 0 Å². The van der Waals surface area contributed by atoms with Crippen LogP contribution < -0.4 is 4.90 Å². The fourth-order valence-corrected chi connectivity index (χ4v) is 2.28. The lowest BCUT2D eigenvalue weighted by Crippen LogP contribution is -2.09. The first-order valence-corrected chi connectivity index (χ1v) is 6.78. The van der Waals surface area contributed by atoms with Gasteiger partial charge in [0.25, 0.3) is 0 Å². The molecule has 102 valence electrons. The van der Waals surface area contributed by atoms with Gasteiger partial charge in [0.15, 0.2) is 0 Å². The van der Waals surface area contributed by atoms with Crippen LogP contribution in [0.25, 0.3) is 0 Å². The SMILES string of the molecule is CN(C)c1ccc(C2=NCC(c3ccccc3)O2)cc1. The van der Waals surface area contributed by atoms with Crippen molar-refractivity contribution < 1.29 is 4.74 Å². The van der Waals surface area contributed by atoms with E-state index in [0.717, 1.165) is 11.5 Å². The van der Waals surface area contributed by atoms with E-state index in [1.54, 1.807) is 0 Å². The molecule has 1 aliphatic heterocycles. The molecule has 2 aromatic carbocycles. The molecule has 3 nitrogen and oxygen atoms in total. The Morgan fingerprint density at radius 3 is 2.35 bits per heavy atom. The topological polar surface area (TPSA) is 24.8 Å². The number of anilines is 1. The van der Waals surface area contributed by atoms with Gasteiger partial charge in [-0.15, -0.1) is 0 Å². The highest BCUT2D eigenvalue weighted by Crippen LogP contribution is 2.25. The van der Waals surface area contributed by atoms with Crippen LogP contribution in [0.3, 0.4) is 0 Å². The lowest BCUT2D eigenvalue weighted by Gasteiger charge is -2.14. The molecule has 0 bridgehead atoms. The van der Waals surface area contributed by atoms with Gasteiger partial charge in [-0.2, -0.15) is 0 Å². The van der Waals surface area contributed by atoms with E-state index in [9.17, 15) is 0 Å². The van der Waals surface area contributed by atoms with Gasteiger partial charge >= 0.3 is 0 Å². The van der Waals surface area contributed by atoms with E-state index < -0.39 is 0 Å². The number of ether oxygens (including phenoxy) is 1. The van der Waals surface area contributed by atoms with Crippen LogP contribution in [0.5, 0.6) is 0 Å². The molecule has 2 aromatic rings. The Hall–Kier alpha value is -2.29. The molecule has 0 saturated heterocycles. The van der Waals surface area contributed by atoms with Crippen molar-refractivity contribution in [3.8, 4) is 0 Å². The first-order valence-electron chi connectivity index (χ1n) is 6.78.